The van der Waals surface area contributed by atoms with Gasteiger partial charge in [-0.1, -0.05) is 15.9 Å². The maximum absolute atomic E-state index is 11.5. The molecule has 0 fully saturated rings. The first-order valence-electron chi connectivity index (χ1n) is 5.98. The molecular weight excluding hydrogens is 312 g/mol. The predicted octanol–water partition coefficient (Wildman–Crippen LogP) is 1.61. The van der Waals surface area contributed by atoms with Crippen LogP contribution in [0, 0.1) is 0 Å². The number of hydrogen-bond donors (Lipinski definition) is 2. The van der Waals surface area contributed by atoms with Gasteiger partial charge in [0.15, 0.2) is 6.61 Å². The molecule has 0 saturated heterocycles. The lowest BCUT2D eigenvalue weighted by Gasteiger charge is -2.14. The number of carbonyl (C=O) groups is 1. The molecule has 0 saturated carbocycles. The van der Waals surface area contributed by atoms with E-state index in [9.17, 15) is 4.79 Å². The van der Waals surface area contributed by atoms with E-state index in [-0.39, 0.29) is 18.6 Å². The fraction of sp³-hybridized carbons (Fsp3) is 0.462. The van der Waals surface area contributed by atoms with Gasteiger partial charge in [-0.2, -0.15) is 0 Å². The number of hydrogen-bond acceptors (Lipinski definition) is 4. The van der Waals surface area contributed by atoms with E-state index in [1.807, 2.05) is 19.1 Å². The van der Waals surface area contributed by atoms with E-state index in [4.69, 9.17) is 15.2 Å². The minimum absolute atomic E-state index is 0.0366. The lowest BCUT2D eigenvalue weighted by atomic mass is 10.1. The molecule has 6 heteroatoms. The molecule has 1 atom stereocenters. The molecule has 1 aromatic carbocycles. The lowest BCUT2D eigenvalue weighted by molar-refractivity contribution is -0.123. The number of carbonyl (C=O) groups excluding carboxylic acids is 1. The van der Waals surface area contributed by atoms with Gasteiger partial charge in [0, 0.05) is 29.7 Å². The highest BCUT2D eigenvalue weighted by Crippen LogP contribution is 2.27. The summed E-state index contributed by atoms with van der Waals surface area (Å²) in [5, 5.41) is 2.68. The fourth-order valence-corrected chi connectivity index (χ4v) is 1.87. The molecule has 0 aliphatic rings. The fourth-order valence-electron chi connectivity index (χ4n) is 1.49. The number of nitrogens with two attached hydrogens (primary N) is 1. The van der Waals surface area contributed by atoms with Crippen molar-refractivity contribution in [2.75, 3.05) is 26.9 Å². The summed E-state index contributed by atoms with van der Waals surface area (Å²) < 4.78 is 11.3. The van der Waals surface area contributed by atoms with Crippen molar-refractivity contribution < 1.29 is 14.3 Å². The van der Waals surface area contributed by atoms with E-state index in [2.05, 4.69) is 21.2 Å². The van der Waals surface area contributed by atoms with E-state index < -0.39 is 0 Å². The van der Waals surface area contributed by atoms with Gasteiger partial charge in [0.2, 0.25) is 0 Å². The molecule has 0 unspecified atom stereocenters. The van der Waals surface area contributed by atoms with Crippen molar-refractivity contribution in [3.8, 4) is 5.75 Å². The zero-order valence-electron chi connectivity index (χ0n) is 11.1. The Balaban J connectivity index is 2.55. The Morgan fingerprint density at radius 2 is 2.26 bits per heavy atom. The average molecular weight is 331 g/mol. The van der Waals surface area contributed by atoms with Crippen LogP contribution in [0.1, 0.15) is 18.5 Å². The second kappa shape index (κ2) is 8.14. The standard InChI is InChI=1S/C13H19BrN2O3/c1-9(15)11-7-10(14)3-4-12(11)19-8-13(17)16-5-6-18-2/h3-4,7,9H,5-6,8,15H2,1-2H3,(H,16,17)/t9-/m1/s1. The third-order valence-electron chi connectivity index (χ3n) is 2.45. The molecule has 3 N–H and O–H groups in total. The van der Waals surface area contributed by atoms with Gasteiger partial charge < -0.3 is 20.5 Å². The van der Waals surface area contributed by atoms with Crippen molar-refractivity contribution in [1.29, 1.82) is 0 Å². The van der Waals surface area contributed by atoms with Crippen molar-refractivity contribution in [1.82, 2.24) is 5.32 Å². The molecule has 19 heavy (non-hydrogen) atoms. The Hall–Kier alpha value is -1.11. The van der Waals surface area contributed by atoms with E-state index >= 15 is 0 Å². The van der Waals surface area contributed by atoms with Gasteiger partial charge in [0.25, 0.3) is 5.91 Å². The number of halogens is 1. The van der Waals surface area contributed by atoms with Crippen LogP contribution < -0.4 is 15.8 Å². The highest BCUT2D eigenvalue weighted by atomic mass is 79.9. The number of amides is 1. The first-order valence-corrected chi connectivity index (χ1v) is 6.77. The highest BCUT2D eigenvalue weighted by Gasteiger charge is 2.10. The zero-order chi connectivity index (χ0) is 14.3. The van der Waals surface area contributed by atoms with E-state index in [0.717, 1.165) is 10.0 Å². The molecule has 1 amide bonds. The quantitative estimate of drug-likeness (QED) is 0.745. The van der Waals surface area contributed by atoms with Gasteiger partial charge in [-0.25, -0.2) is 0 Å². The normalized spacial score (nSPS) is 12.0. The number of benzene rings is 1. The molecule has 5 nitrogen and oxygen atoms in total. The molecule has 0 aliphatic carbocycles. The summed E-state index contributed by atoms with van der Waals surface area (Å²) in [5.41, 5.74) is 6.73. The molecular formula is C13H19BrN2O3. The van der Waals surface area contributed by atoms with Gasteiger partial charge in [-0.15, -0.1) is 0 Å². The minimum atomic E-state index is -0.185. The number of nitrogens with one attached hydrogen (secondary N) is 1. The van der Waals surface area contributed by atoms with Crippen molar-refractivity contribution >= 4 is 21.8 Å². The Morgan fingerprint density at radius 1 is 1.53 bits per heavy atom. The van der Waals surface area contributed by atoms with Crippen LogP contribution in [0.3, 0.4) is 0 Å². The minimum Gasteiger partial charge on any atom is -0.483 e. The summed E-state index contributed by atoms with van der Waals surface area (Å²) in [6.07, 6.45) is 0. The molecule has 0 spiro atoms. The monoisotopic (exact) mass is 330 g/mol. The van der Waals surface area contributed by atoms with E-state index in [1.165, 1.54) is 0 Å². The molecule has 0 bridgehead atoms. The molecule has 1 rings (SSSR count). The summed E-state index contributed by atoms with van der Waals surface area (Å²) in [4.78, 5) is 11.5. The molecule has 106 valence electrons. The second-order valence-electron chi connectivity index (χ2n) is 4.10. The van der Waals surface area contributed by atoms with Gasteiger partial charge in [0.05, 0.1) is 6.61 Å². The molecule has 0 heterocycles. The second-order valence-corrected chi connectivity index (χ2v) is 5.02. The van der Waals surface area contributed by atoms with E-state index in [1.54, 1.807) is 13.2 Å². The highest BCUT2D eigenvalue weighted by molar-refractivity contribution is 9.10. The van der Waals surface area contributed by atoms with Crippen LogP contribution in [0.25, 0.3) is 0 Å². The predicted molar refractivity (Wildman–Crippen MR) is 77.1 cm³/mol. The molecule has 0 aliphatic heterocycles. The van der Waals surface area contributed by atoms with Crippen LogP contribution in [0.15, 0.2) is 22.7 Å². The summed E-state index contributed by atoms with van der Waals surface area (Å²) in [5.74, 6) is 0.440. The van der Waals surface area contributed by atoms with Crippen molar-refractivity contribution in [2.45, 2.75) is 13.0 Å². The van der Waals surface area contributed by atoms with Gasteiger partial charge in [0.1, 0.15) is 5.75 Å². The summed E-state index contributed by atoms with van der Waals surface area (Å²) in [6.45, 7) is 2.78. The number of rotatable bonds is 7. The van der Waals surface area contributed by atoms with Crippen LogP contribution in [0.4, 0.5) is 0 Å². The lowest BCUT2D eigenvalue weighted by Crippen LogP contribution is -2.31. The summed E-state index contributed by atoms with van der Waals surface area (Å²) in [7, 11) is 1.58. The SMILES string of the molecule is COCCNC(=O)COc1ccc(Br)cc1[C@@H](C)N. The molecule has 0 radical (unpaired) electrons. The number of ether oxygens (including phenoxy) is 2. The van der Waals surface area contributed by atoms with Crippen LogP contribution >= 0.6 is 15.9 Å². The smallest absolute Gasteiger partial charge is 0.258 e. The van der Waals surface area contributed by atoms with Gasteiger partial charge in [-0.3, -0.25) is 4.79 Å². The first kappa shape index (κ1) is 15.9. The molecule has 1 aromatic rings. The van der Waals surface area contributed by atoms with Crippen molar-refractivity contribution in [2.24, 2.45) is 5.73 Å². The Kier molecular flexibility index (Phi) is 6.83. The third-order valence-corrected chi connectivity index (χ3v) is 2.94. The van der Waals surface area contributed by atoms with E-state index in [0.29, 0.717) is 18.9 Å². The Bertz CT molecular complexity index is 424. The maximum Gasteiger partial charge on any atom is 0.258 e. The number of methoxy groups -OCH3 is 1. The topological polar surface area (TPSA) is 73.6 Å². The first-order chi connectivity index (χ1) is 9.04. The average Bonchev–Trinajstić information content (AvgIpc) is 2.37. The Labute approximate surface area is 121 Å². The van der Waals surface area contributed by atoms with Crippen molar-refractivity contribution in [3.63, 3.8) is 0 Å². The zero-order valence-corrected chi connectivity index (χ0v) is 12.7. The van der Waals surface area contributed by atoms with Crippen molar-refractivity contribution in [3.05, 3.63) is 28.2 Å². The van der Waals surface area contributed by atoms with Gasteiger partial charge >= 0.3 is 0 Å². The van der Waals surface area contributed by atoms with Gasteiger partial charge in [-0.05, 0) is 25.1 Å². The summed E-state index contributed by atoms with van der Waals surface area (Å²) >= 11 is 3.38. The van der Waals surface area contributed by atoms with Crippen LogP contribution in [0.2, 0.25) is 0 Å². The Morgan fingerprint density at radius 3 is 2.89 bits per heavy atom. The molecule has 0 aromatic heterocycles. The maximum atomic E-state index is 11.5. The summed E-state index contributed by atoms with van der Waals surface area (Å²) in [6, 6.07) is 5.38. The third kappa shape index (κ3) is 5.59. The van der Waals surface area contributed by atoms with Crippen LogP contribution in [-0.2, 0) is 9.53 Å². The largest absolute Gasteiger partial charge is 0.483 e. The van der Waals surface area contributed by atoms with Crippen LogP contribution in [-0.4, -0.2) is 32.8 Å². The van der Waals surface area contributed by atoms with Crippen LogP contribution in [0.5, 0.6) is 5.75 Å².